The molecular weight excluding hydrogens is 296 g/mol. The highest BCUT2D eigenvalue weighted by atomic mass is 16.3. The van der Waals surface area contributed by atoms with Gasteiger partial charge >= 0.3 is 0 Å². The van der Waals surface area contributed by atoms with Crippen molar-refractivity contribution in [1.82, 2.24) is 0 Å². The molecule has 0 amide bonds. The minimum absolute atomic E-state index is 0.333. The monoisotopic (exact) mass is 318 g/mol. The van der Waals surface area contributed by atoms with Crippen molar-refractivity contribution in [3.8, 4) is 11.5 Å². The summed E-state index contributed by atoms with van der Waals surface area (Å²) in [6, 6.07) is 19.3. The molecule has 122 valence electrons. The lowest BCUT2D eigenvalue weighted by atomic mass is 9.92. The molecule has 0 saturated heterocycles. The average molecular weight is 318 g/mol. The molecule has 0 unspecified atom stereocenters. The molecule has 0 atom stereocenters. The Balaban J connectivity index is 1.94. The molecule has 2 nitrogen and oxygen atoms in total. The van der Waals surface area contributed by atoms with E-state index in [1.807, 2.05) is 36.4 Å². The van der Waals surface area contributed by atoms with Crippen LogP contribution in [0.2, 0.25) is 0 Å². The highest BCUT2D eigenvalue weighted by Crippen LogP contribution is 2.26. The lowest BCUT2D eigenvalue weighted by Gasteiger charge is -2.14. The Morgan fingerprint density at radius 3 is 1.42 bits per heavy atom. The number of para-hydroxylation sites is 2. The van der Waals surface area contributed by atoms with E-state index in [2.05, 4.69) is 26.0 Å². The van der Waals surface area contributed by atoms with Crippen LogP contribution in [-0.4, -0.2) is 10.2 Å². The van der Waals surface area contributed by atoms with Gasteiger partial charge in [0, 0.05) is 12.8 Å². The Hall–Kier alpha value is -2.74. The van der Waals surface area contributed by atoms with Crippen LogP contribution in [0.3, 0.4) is 0 Å². The van der Waals surface area contributed by atoms with E-state index in [0.717, 1.165) is 11.1 Å². The molecule has 0 aromatic heterocycles. The maximum absolute atomic E-state index is 10.0. The first-order valence-corrected chi connectivity index (χ1v) is 8.17. The zero-order valence-electron chi connectivity index (χ0n) is 14.1. The Morgan fingerprint density at radius 2 is 1.00 bits per heavy atom. The van der Waals surface area contributed by atoms with E-state index in [9.17, 15) is 10.2 Å². The van der Waals surface area contributed by atoms with Crippen molar-refractivity contribution in [2.24, 2.45) is 0 Å². The third kappa shape index (κ3) is 3.43. The average Bonchev–Trinajstić information content (AvgIpc) is 2.56. The van der Waals surface area contributed by atoms with E-state index in [-0.39, 0.29) is 0 Å². The fraction of sp³-hybridized carbons (Fsp3) is 0.182. The summed E-state index contributed by atoms with van der Waals surface area (Å²) >= 11 is 0. The molecule has 3 aromatic carbocycles. The predicted molar refractivity (Wildman–Crippen MR) is 97.7 cm³/mol. The number of aromatic hydroxyl groups is 2. The van der Waals surface area contributed by atoms with Crippen molar-refractivity contribution in [1.29, 1.82) is 0 Å². The Kier molecular flexibility index (Phi) is 4.57. The molecule has 0 spiro atoms. The van der Waals surface area contributed by atoms with E-state index in [4.69, 9.17) is 0 Å². The Morgan fingerprint density at radius 1 is 0.583 bits per heavy atom. The zero-order chi connectivity index (χ0) is 17.1. The molecule has 0 saturated carbocycles. The van der Waals surface area contributed by atoms with Gasteiger partial charge in [-0.25, -0.2) is 0 Å². The molecule has 0 aliphatic rings. The van der Waals surface area contributed by atoms with Crippen molar-refractivity contribution < 1.29 is 10.2 Å². The van der Waals surface area contributed by atoms with E-state index in [0.29, 0.717) is 24.3 Å². The second-order valence-electron chi connectivity index (χ2n) is 6.32. The summed E-state index contributed by atoms with van der Waals surface area (Å²) < 4.78 is 0. The summed E-state index contributed by atoms with van der Waals surface area (Å²) in [4.78, 5) is 0. The number of rotatable bonds is 4. The maximum atomic E-state index is 10.0. The number of benzene rings is 3. The lowest BCUT2D eigenvalue weighted by Crippen LogP contribution is -1.99. The van der Waals surface area contributed by atoms with Gasteiger partial charge in [-0.3, -0.25) is 0 Å². The molecule has 2 heteroatoms. The van der Waals surface area contributed by atoms with Gasteiger partial charge in [0.1, 0.15) is 11.5 Å². The standard InChI is InChI=1S/C22H22O2/c1-15-11-16(2)20(13-18-8-4-6-10-22(18)24)14-19(15)12-17-7-3-5-9-21(17)23/h3-11,14,23-24H,12-13H2,1-2H3. The molecule has 0 heterocycles. The lowest BCUT2D eigenvalue weighted by molar-refractivity contribution is 0.469. The van der Waals surface area contributed by atoms with E-state index in [1.165, 1.54) is 22.3 Å². The minimum Gasteiger partial charge on any atom is -0.508 e. The summed E-state index contributed by atoms with van der Waals surface area (Å²) in [5, 5.41) is 20.1. The van der Waals surface area contributed by atoms with Gasteiger partial charge in [0.25, 0.3) is 0 Å². The SMILES string of the molecule is Cc1cc(C)c(Cc2ccccc2O)cc1Cc1ccccc1O. The van der Waals surface area contributed by atoms with Gasteiger partial charge in [0.15, 0.2) is 0 Å². The molecular formula is C22H22O2. The molecule has 0 fully saturated rings. The maximum Gasteiger partial charge on any atom is 0.119 e. The van der Waals surface area contributed by atoms with Crippen LogP contribution in [0, 0.1) is 13.8 Å². The van der Waals surface area contributed by atoms with Gasteiger partial charge in [0.05, 0.1) is 0 Å². The summed E-state index contributed by atoms with van der Waals surface area (Å²) in [6.07, 6.45) is 1.40. The summed E-state index contributed by atoms with van der Waals surface area (Å²) in [5.74, 6) is 0.666. The van der Waals surface area contributed by atoms with E-state index < -0.39 is 0 Å². The Labute approximate surface area is 143 Å². The van der Waals surface area contributed by atoms with Gasteiger partial charge in [-0.1, -0.05) is 48.5 Å². The third-order valence-electron chi connectivity index (χ3n) is 4.54. The third-order valence-corrected chi connectivity index (χ3v) is 4.54. The van der Waals surface area contributed by atoms with Crippen LogP contribution in [0.15, 0.2) is 60.7 Å². The highest BCUT2D eigenvalue weighted by molar-refractivity contribution is 5.45. The van der Waals surface area contributed by atoms with Crippen molar-refractivity contribution in [2.75, 3.05) is 0 Å². The van der Waals surface area contributed by atoms with Crippen LogP contribution >= 0.6 is 0 Å². The number of aryl methyl sites for hydroxylation is 2. The smallest absolute Gasteiger partial charge is 0.119 e. The topological polar surface area (TPSA) is 40.5 Å². The zero-order valence-corrected chi connectivity index (χ0v) is 14.1. The van der Waals surface area contributed by atoms with Crippen LogP contribution < -0.4 is 0 Å². The first kappa shape index (κ1) is 16.1. The normalized spacial score (nSPS) is 10.8. The molecule has 0 aliphatic heterocycles. The minimum atomic E-state index is 0.333. The van der Waals surface area contributed by atoms with Crippen LogP contribution in [0.25, 0.3) is 0 Å². The van der Waals surface area contributed by atoms with Crippen LogP contribution in [0.5, 0.6) is 11.5 Å². The van der Waals surface area contributed by atoms with Crippen molar-refractivity contribution in [2.45, 2.75) is 26.7 Å². The molecule has 3 aromatic rings. The summed E-state index contributed by atoms with van der Waals surface area (Å²) in [7, 11) is 0. The molecule has 2 N–H and O–H groups in total. The van der Waals surface area contributed by atoms with Gasteiger partial charge in [-0.05, 0) is 59.4 Å². The molecule has 24 heavy (non-hydrogen) atoms. The van der Waals surface area contributed by atoms with Crippen LogP contribution in [0.1, 0.15) is 33.4 Å². The first-order valence-electron chi connectivity index (χ1n) is 8.17. The predicted octanol–water partition coefficient (Wildman–Crippen LogP) is 4.90. The second kappa shape index (κ2) is 6.79. The summed E-state index contributed by atoms with van der Waals surface area (Å²) in [5.41, 5.74) is 6.70. The quantitative estimate of drug-likeness (QED) is 0.718. The second-order valence-corrected chi connectivity index (χ2v) is 6.32. The molecule has 0 bridgehead atoms. The van der Waals surface area contributed by atoms with Crippen LogP contribution in [-0.2, 0) is 12.8 Å². The fourth-order valence-electron chi connectivity index (χ4n) is 3.06. The first-order chi connectivity index (χ1) is 11.5. The van der Waals surface area contributed by atoms with Crippen LogP contribution in [0.4, 0.5) is 0 Å². The largest absolute Gasteiger partial charge is 0.508 e. The molecule has 3 rings (SSSR count). The molecule has 0 aliphatic carbocycles. The van der Waals surface area contributed by atoms with Crippen molar-refractivity contribution >= 4 is 0 Å². The highest BCUT2D eigenvalue weighted by Gasteiger charge is 2.10. The van der Waals surface area contributed by atoms with E-state index in [1.54, 1.807) is 12.1 Å². The van der Waals surface area contributed by atoms with Crippen molar-refractivity contribution in [3.63, 3.8) is 0 Å². The van der Waals surface area contributed by atoms with Gasteiger partial charge in [-0.15, -0.1) is 0 Å². The van der Waals surface area contributed by atoms with E-state index >= 15 is 0 Å². The number of phenolic OH excluding ortho intramolecular Hbond substituents is 2. The van der Waals surface area contributed by atoms with Gasteiger partial charge < -0.3 is 10.2 Å². The number of hydrogen-bond donors (Lipinski definition) is 2. The number of hydrogen-bond acceptors (Lipinski definition) is 2. The molecule has 0 radical (unpaired) electrons. The summed E-state index contributed by atoms with van der Waals surface area (Å²) in [6.45, 7) is 4.21. The van der Waals surface area contributed by atoms with Crippen molar-refractivity contribution in [3.05, 3.63) is 94.0 Å². The number of phenols is 2. The Bertz CT molecular complexity index is 797. The van der Waals surface area contributed by atoms with Gasteiger partial charge in [0.2, 0.25) is 0 Å². The van der Waals surface area contributed by atoms with Gasteiger partial charge in [-0.2, -0.15) is 0 Å². The fourth-order valence-corrected chi connectivity index (χ4v) is 3.06.